The first-order valence-corrected chi connectivity index (χ1v) is 8.95. The van der Waals surface area contributed by atoms with Gasteiger partial charge in [0.2, 0.25) is 0 Å². The average molecular weight is 326 g/mol. The monoisotopic (exact) mass is 326 g/mol. The number of rotatable bonds is 5. The number of hydrogen-bond donors (Lipinski definition) is 1. The zero-order valence-corrected chi connectivity index (χ0v) is 15.4. The zero-order chi connectivity index (χ0) is 17.2. The molecule has 1 unspecified atom stereocenters. The molecule has 0 saturated carbocycles. The molecule has 1 N–H and O–H groups in total. The Labute approximate surface area is 145 Å². The lowest BCUT2D eigenvalue weighted by Crippen LogP contribution is -2.28. The highest BCUT2D eigenvalue weighted by Crippen LogP contribution is 2.24. The van der Waals surface area contributed by atoms with Gasteiger partial charge < -0.3 is 9.80 Å². The molecule has 1 aliphatic heterocycles. The lowest BCUT2D eigenvalue weighted by Gasteiger charge is -2.22. The van der Waals surface area contributed by atoms with Gasteiger partial charge in [0.15, 0.2) is 0 Å². The van der Waals surface area contributed by atoms with E-state index in [2.05, 4.69) is 84.2 Å². The van der Waals surface area contributed by atoms with Gasteiger partial charge in [0.05, 0.1) is 5.69 Å². The predicted octanol–water partition coefficient (Wildman–Crippen LogP) is 3.67. The van der Waals surface area contributed by atoms with E-state index < -0.39 is 0 Å². The van der Waals surface area contributed by atoms with Crippen LogP contribution in [0.1, 0.15) is 38.6 Å². The molecule has 1 fully saturated rings. The fraction of sp³-hybridized carbons (Fsp3) is 0.550. The molecule has 1 aromatic carbocycles. The second-order valence-electron chi connectivity index (χ2n) is 8.16. The number of hydrogen-bond acceptors (Lipinski definition) is 3. The third-order valence-electron chi connectivity index (χ3n) is 4.82. The number of nitrogens with zero attached hydrogens (tertiary/aromatic N) is 3. The van der Waals surface area contributed by atoms with Crippen LogP contribution in [0, 0.1) is 5.92 Å². The molecule has 2 heterocycles. The van der Waals surface area contributed by atoms with Crippen LogP contribution >= 0.6 is 0 Å². The van der Waals surface area contributed by atoms with Gasteiger partial charge >= 0.3 is 0 Å². The molecule has 0 aliphatic carbocycles. The van der Waals surface area contributed by atoms with E-state index >= 15 is 0 Å². The molecule has 0 radical (unpaired) electrons. The van der Waals surface area contributed by atoms with E-state index in [9.17, 15) is 0 Å². The molecule has 0 spiro atoms. The van der Waals surface area contributed by atoms with Crippen LogP contribution in [0.15, 0.2) is 36.4 Å². The zero-order valence-electron chi connectivity index (χ0n) is 15.4. The highest BCUT2D eigenvalue weighted by molar-refractivity contribution is 5.46. The fourth-order valence-electron chi connectivity index (χ4n) is 3.48. The summed E-state index contributed by atoms with van der Waals surface area (Å²) in [5.74, 6) is 0.736. The lowest BCUT2D eigenvalue weighted by molar-refractivity contribution is 0.276. The third-order valence-corrected chi connectivity index (χ3v) is 4.82. The highest BCUT2D eigenvalue weighted by atomic mass is 15.2. The van der Waals surface area contributed by atoms with Gasteiger partial charge in [-0.05, 0) is 37.6 Å². The minimum absolute atomic E-state index is 0.106. The van der Waals surface area contributed by atoms with E-state index in [-0.39, 0.29) is 5.41 Å². The first-order chi connectivity index (χ1) is 11.4. The van der Waals surface area contributed by atoms with Crippen molar-refractivity contribution in [3.63, 3.8) is 0 Å². The largest absolute Gasteiger partial charge is 0.371 e. The topological polar surface area (TPSA) is 35.2 Å². The van der Waals surface area contributed by atoms with Gasteiger partial charge in [0.1, 0.15) is 0 Å². The standard InChI is InChI=1S/C20H30N4/c1-20(2,3)19-12-17(21-22-19)15-23(4)13-16-10-11-24(14-16)18-8-6-5-7-9-18/h5-9,12,16H,10-11,13-15H2,1-4H3,(H,21,22). The summed E-state index contributed by atoms with van der Waals surface area (Å²) in [6, 6.07) is 13.0. The highest BCUT2D eigenvalue weighted by Gasteiger charge is 2.24. The Balaban J connectivity index is 1.51. The van der Waals surface area contributed by atoms with Crippen molar-refractivity contribution in [3.8, 4) is 0 Å². The van der Waals surface area contributed by atoms with Gasteiger partial charge in [-0.25, -0.2) is 0 Å². The van der Waals surface area contributed by atoms with Crippen LogP contribution in [-0.2, 0) is 12.0 Å². The number of para-hydroxylation sites is 1. The lowest BCUT2D eigenvalue weighted by atomic mass is 9.92. The number of anilines is 1. The minimum Gasteiger partial charge on any atom is -0.371 e. The van der Waals surface area contributed by atoms with Crippen LogP contribution in [0.25, 0.3) is 0 Å². The number of aromatic nitrogens is 2. The molecule has 1 aliphatic rings. The van der Waals surface area contributed by atoms with Gasteiger partial charge in [0, 0.05) is 43.0 Å². The second kappa shape index (κ2) is 6.98. The van der Waals surface area contributed by atoms with Crippen LogP contribution in [0.5, 0.6) is 0 Å². The van der Waals surface area contributed by atoms with Crippen LogP contribution in [-0.4, -0.2) is 41.8 Å². The van der Waals surface area contributed by atoms with Crippen molar-refractivity contribution in [2.24, 2.45) is 5.92 Å². The first kappa shape index (κ1) is 17.0. The number of aromatic amines is 1. The van der Waals surface area contributed by atoms with Crippen LogP contribution in [0.4, 0.5) is 5.69 Å². The molecule has 1 saturated heterocycles. The summed E-state index contributed by atoms with van der Waals surface area (Å²) in [6.45, 7) is 11.0. The van der Waals surface area contributed by atoms with Crippen LogP contribution < -0.4 is 4.90 Å². The quantitative estimate of drug-likeness (QED) is 0.910. The molecule has 0 bridgehead atoms. The van der Waals surface area contributed by atoms with Gasteiger partial charge in [-0.15, -0.1) is 0 Å². The molecular weight excluding hydrogens is 296 g/mol. The van der Waals surface area contributed by atoms with E-state index in [1.165, 1.54) is 24.3 Å². The van der Waals surface area contributed by atoms with Crippen LogP contribution in [0.3, 0.4) is 0 Å². The smallest absolute Gasteiger partial charge is 0.0678 e. The predicted molar refractivity (Wildman–Crippen MR) is 100 cm³/mol. The summed E-state index contributed by atoms with van der Waals surface area (Å²) in [5.41, 5.74) is 3.81. The van der Waals surface area contributed by atoms with E-state index in [0.29, 0.717) is 0 Å². The van der Waals surface area contributed by atoms with E-state index in [0.717, 1.165) is 31.2 Å². The minimum atomic E-state index is 0.106. The van der Waals surface area contributed by atoms with Gasteiger partial charge in [-0.3, -0.25) is 5.10 Å². The average Bonchev–Trinajstić information content (AvgIpc) is 3.17. The SMILES string of the molecule is CN(Cc1cc(C(C)(C)C)n[nH]1)CC1CCN(c2ccccc2)C1. The summed E-state index contributed by atoms with van der Waals surface area (Å²) >= 11 is 0. The van der Waals surface area contributed by atoms with Crippen molar-refractivity contribution in [3.05, 3.63) is 47.8 Å². The summed E-state index contributed by atoms with van der Waals surface area (Å²) < 4.78 is 0. The molecule has 2 aromatic rings. The van der Waals surface area contributed by atoms with E-state index in [1.54, 1.807) is 0 Å². The first-order valence-electron chi connectivity index (χ1n) is 8.95. The molecule has 4 nitrogen and oxygen atoms in total. The normalized spacial score (nSPS) is 18.5. The van der Waals surface area contributed by atoms with Gasteiger partial charge in [0.25, 0.3) is 0 Å². The Morgan fingerprint density at radius 3 is 2.67 bits per heavy atom. The van der Waals surface area contributed by atoms with Crippen molar-refractivity contribution in [2.75, 3.05) is 31.6 Å². The maximum Gasteiger partial charge on any atom is 0.0678 e. The molecule has 0 amide bonds. The molecule has 130 valence electrons. The van der Waals surface area contributed by atoms with Crippen LogP contribution in [0.2, 0.25) is 0 Å². The Morgan fingerprint density at radius 1 is 1.25 bits per heavy atom. The maximum atomic E-state index is 4.46. The maximum absolute atomic E-state index is 4.46. The molecule has 1 atom stereocenters. The summed E-state index contributed by atoms with van der Waals surface area (Å²) in [6.07, 6.45) is 1.27. The molecular formula is C20H30N4. The summed E-state index contributed by atoms with van der Waals surface area (Å²) in [4.78, 5) is 4.92. The van der Waals surface area contributed by atoms with Crippen molar-refractivity contribution in [2.45, 2.75) is 39.2 Å². The third kappa shape index (κ3) is 4.18. The molecule has 4 heteroatoms. The van der Waals surface area contributed by atoms with Crippen molar-refractivity contribution >= 4 is 5.69 Å². The Morgan fingerprint density at radius 2 is 2.00 bits per heavy atom. The number of nitrogens with one attached hydrogen (secondary N) is 1. The van der Waals surface area contributed by atoms with E-state index in [1.807, 2.05) is 0 Å². The summed E-state index contributed by atoms with van der Waals surface area (Å²) in [5, 5.41) is 7.66. The van der Waals surface area contributed by atoms with Crippen molar-refractivity contribution in [1.29, 1.82) is 0 Å². The summed E-state index contributed by atoms with van der Waals surface area (Å²) in [7, 11) is 2.21. The van der Waals surface area contributed by atoms with Gasteiger partial charge in [-0.1, -0.05) is 39.0 Å². The Kier molecular flexibility index (Phi) is 4.95. The van der Waals surface area contributed by atoms with Gasteiger partial charge in [-0.2, -0.15) is 5.10 Å². The van der Waals surface area contributed by atoms with Crippen molar-refractivity contribution < 1.29 is 0 Å². The molecule has 3 rings (SSSR count). The second-order valence-corrected chi connectivity index (χ2v) is 8.16. The molecule has 24 heavy (non-hydrogen) atoms. The fourth-order valence-corrected chi connectivity index (χ4v) is 3.48. The molecule has 1 aromatic heterocycles. The Hall–Kier alpha value is -1.81. The number of benzene rings is 1. The van der Waals surface area contributed by atoms with E-state index in [4.69, 9.17) is 0 Å². The van der Waals surface area contributed by atoms with Crippen molar-refractivity contribution in [1.82, 2.24) is 15.1 Å². The Bertz CT molecular complexity index is 641. The number of H-pyrrole nitrogens is 1.